The molecule has 0 atom stereocenters. The normalized spacial score (nSPS) is 16.2. The van der Waals surface area contributed by atoms with Crippen LogP contribution in [0.5, 0.6) is 0 Å². The molecule has 0 spiro atoms. The molecule has 0 unspecified atom stereocenters. The Morgan fingerprint density at radius 1 is 1.40 bits per heavy atom. The zero-order valence-corrected chi connectivity index (χ0v) is 14.9. The van der Waals surface area contributed by atoms with Crippen molar-refractivity contribution in [2.45, 2.75) is 25.8 Å². The molecule has 0 aliphatic carbocycles. The number of hydrogen-bond acceptors (Lipinski definition) is 4. The van der Waals surface area contributed by atoms with Crippen molar-refractivity contribution in [2.24, 2.45) is 0 Å². The van der Waals surface area contributed by atoms with Crippen molar-refractivity contribution in [1.29, 1.82) is 0 Å². The molecule has 1 aliphatic rings. The van der Waals surface area contributed by atoms with E-state index in [0.717, 1.165) is 32.0 Å². The van der Waals surface area contributed by atoms with E-state index in [1.165, 1.54) is 12.1 Å². The van der Waals surface area contributed by atoms with Gasteiger partial charge in [-0.2, -0.15) is 0 Å². The number of benzene rings is 1. The van der Waals surface area contributed by atoms with E-state index in [9.17, 15) is 14.0 Å². The Kier molecular flexibility index (Phi) is 7.16. The van der Waals surface area contributed by atoms with Gasteiger partial charge in [-0.3, -0.25) is 19.4 Å². The van der Waals surface area contributed by atoms with Crippen LogP contribution in [0.15, 0.2) is 18.2 Å². The lowest BCUT2D eigenvalue weighted by atomic mass is 10.0. The number of piperidine rings is 1. The first-order valence-electron chi connectivity index (χ1n) is 8.32. The first kappa shape index (κ1) is 19.6. The summed E-state index contributed by atoms with van der Waals surface area (Å²) >= 11 is 5.91. The number of aliphatic carboxylic acids is 1. The molecule has 1 aromatic carbocycles. The number of anilines is 1. The van der Waals surface area contributed by atoms with Gasteiger partial charge in [0.2, 0.25) is 5.91 Å². The first-order chi connectivity index (χ1) is 11.9. The van der Waals surface area contributed by atoms with Gasteiger partial charge in [0.1, 0.15) is 5.82 Å². The molecule has 2 N–H and O–H groups in total. The highest BCUT2D eigenvalue weighted by Crippen LogP contribution is 2.22. The van der Waals surface area contributed by atoms with Crippen LogP contribution in [0.1, 0.15) is 19.8 Å². The van der Waals surface area contributed by atoms with Gasteiger partial charge >= 0.3 is 5.97 Å². The summed E-state index contributed by atoms with van der Waals surface area (Å²) in [6.45, 7) is 4.38. The van der Waals surface area contributed by atoms with Crippen LogP contribution in [0.2, 0.25) is 5.02 Å². The second-order valence-corrected chi connectivity index (χ2v) is 6.54. The van der Waals surface area contributed by atoms with Gasteiger partial charge in [-0.25, -0.2) is 4.39 Å². The molecule has 138 valence electrons. The van der Waals surface area contributed by atoms with Crippen molar-refractivity contribution < 1.29 is 19.1 Å². The monoisotopic (exact) mass is 371 g/mol. The molecule has 8 heteroatoms. The molecule has 1 aliphatic heterocycles. The van der Waals surface area contributed by atoms with E-state index in [4.69, 9.17) is 16.7 Å². The minimum absolute atomic E-state index is 0.0463. The maximum atomic E-state index is 13.0. The second kappa shape index (κ2) is 9.12. The Morgan fingerprint density at radius 2 is 2.08 bits per heavy atom. The third kappa shape index (κ3) is 5.95. The van der Waals surface area contributed by atoms with Crippen LogP contribution in [-0.4, -0.2) is 65.5 Å². The number of carbonyl (C=O) groups is 2. The maximum absolute atomic E-state index is 13.0. The largest absolute Gasteiger partial charge is 0.480 e. The predicted molar refractivity (Wildman–Crippen MR) is 94.4 cm³/mol. The third-order valence-electron chi connectivity index (χ3n) is 4.39. The number of carboxylic acids is 1. The molecule has 1 aromatic rings. The number of halogens is 2. The minimum Gasteiger partial charge on any atom is -0.480 e. The van der Waals surface area contributed by atoms with Gasteiger partial charge < -0.3 is 10.4 Å². The Morgan fingerprint density at radius 3 is 2.64 bits per heavy atom. The van der Waals surface area contributed by atoms with Crippen molar-refractivity contribution in [1.82, 2.24) is 9.80 Å². The van der Waals surface area contributed by atoms with Gasteiger partial charge in [0.25, 0.3) is 0 Å². The van der Waals surface area contributed by atoms with Crippen LogP contribution in [0.4, 0.5) is 10.1 Å². The number of nitrogens with one attached hydrogen (secondary N) is 1. The van der Waals surface area contributed by atoms with Gasteiger partial charge in [0.15, 0.2) is 0 Å². The number of likely N-dealkylation sites (N-methyl/N-ethyl adjacent to an activating group) is 1. The average Bonchev–Trinajstić information content (AvgIpc) is 2.56. The highest BCUT2D eigenvalue weighted by Gasteiger charge is 2.25. The van der Waals surface area contributed by atoms with Crippen molar-refractivity contribution in [3.8, 4) is 0 Å². The minimum atomic E-state index is -0.820. The summed E-state index contributed by atoms with van der Waals surface area (Å²) in [5.74, 6) is -1.48. The van der Waals surface area contributed by atoms with Crippen LogP contribution >= 0.6 is 11.6 Å². The van der Waals surface area contributed by atoms with Crippen LogP contribution in [0, 0.1) is 5.82 Å². The predicted octanol–water partition coefficient (Wildman–Crippen LogP) is 2.29. The molecule has 1 saturated heterocycles. The lowest BCUT2D eigenvalue weighted by Crippen LogP contribution is -2.48. The Bertz CT molecular complexity index is 621. The summed E-state index contributed by atoms with van der Waals surface area (Å²) in [6, 6.07) is 4.07. The van der Waals surface area contributed by atoms with Gasteiger partial charge in [-0.15, -0.1) is 0 Å². The number of likely N-dealkylation sites (tertiary alicyclic amines) is 1. The number of amides is 1. The molecule has 25 heavy (non-hydrogen) atoms. The number of hydrogen-bond donors (Lipinski definition) is 2. The van der Waals surface area contributed by atoms with Gasteiger partial charge in [-0.05, 0) is 37.6 Å². The third-order valence-corrected chi connectivity index (χ3v) is 4.70. The van der Waals surface area contributed by atoms with E-state index in [0.29, 0.717) is 12.2 Å². The highest BCUT2D eigenvalue weighted by molar-refractivity contribution is 6.33. The van der Waals surface area contributed by atoms with Gasteiger partial charge in [-0.1, -0.05) is 18.5 Å². The molecule has 0 saturated carbocycles. The number of carboxylic acid groups (broad SMARTS) is 1. The summed E-state index contributed by atoms with van der Waals surface area (Å²) in [5.41, 5.74) is 0.390. The second-order valence-electron chi connectivity index (χ2n) is 6.14. The van der Waals surface area contributed by atoms with Crippen molar-refractivity contribution in [2.75, 3.05) is 38.0 Å². The smallest absolute Gasteiger partial charge is 0.317 e. The zero-order valence-electron chi connectivity index (χ0n) is 14.2. The zero-order chi connectivity index (χ0) is 18.4. The van der Waals surface area contributed by atoms with E-state index < -0.39 is 11.8 Å². The molecule has 0 radical (unpaired) electrons. The Labute approximate surface area is 151 Å². The molecule has 0 bridgehead atoms. The summed E-state index contributed by atoms with van der Waals surface area (Å²) < 4.78 is 13.0. The van der Waals surface area contributed by atoms with Crippen molar-refractivity contribution >= 4 is 29.2 Å². The topological polar surface area (TPSA) is 72.9 Å². The van der Waals surface area contributed by atoms with Crippen LogP contribution in [0.3, 0.4) is 0 Å². The lowest BCUT2D eigenvalue weighted by Gasteiger charge is -2.37. The summed E-state index contributed by atoms with van der Waals surface area (Å²) in [5, 5.41) is 11.8. The van der Waals surface area contributed by atoms with Crippen LogP contribution in [-0.2, 0) is 9.59 Å². The Hall–Kier alpha value is -1.70. The number of rotatable bonds is 7. The standard InChI is InChI=1S/C17H23ClFN3O3/c1-2-22(11-17(24)25)13-5-7-21(8-6-13)10-16(23)20-15-4-3-12(19)9-14(15)18/h3-4,9,13H,2,5-8,10-11H2,1H3,(H,20,23)(H,24,25). The fourth-order valence-electron chi connectivity index (χ4n) is 3.10. The lowest BCUT2D eigenvalue weighted by molar-refractivity contribution is -0.139. The molecule has 6 nitrogen and oxygen atoms in total. The number of carbonyl (C=O) groups excluding carboxylic acids is 1. The molecule has 1 fully saturated rings. The summed E-state index contributed by atoms with van der Waals surface area (Å²) in [7, 11) is 0. The quantitative estimate of drug-likeness (QED) is 0.769. The fraction of sp³-hybridized carbons (Fsp3) is 0.529. The highest BCUT2D eigenvalue weighted by atomic mass is 35.5. The molecular weight excluding hydrogens is 349 g/mol. The van der Waals surface area contributed by atoms with Gasteiger partial charge in [0.05, 0.1) is 23.8 Å². The summed E-state index contributed by atoms with van der Waals surface area (Å²) in [4.78, 5) is 27.0. The summed E-state index contributed by atoms with van der Waals surface area (Å²) in [6.07, 6.45) is 1.65. The maximum Gasteiger partial charge on any atom is 0.317 e. The number of nitrogens with zero attached hydrogens (tertiary/aromatic N) is 2. The van der Waals surface area contributed by atoms with Crippen molar-refractivity contribution in [3.63, 3.8) is 0 Å². The fourth-order valence-corrected chi connectivity index (χ4v) is 3.31. The molecule has 1 heterocycles. The van der Waals surface area contributed by atoms with E-state index in [1.807, 2.05) is 16.7 Å². The average molecular weight is 372 g/mol. The van der Waals surface area contributed by atoms with E-state index in [2.05, 4.69) is 5.32 Å². The molecular formula is C17H23ClFN3O3. The molecule has 1 amide bonds. The van der Waals surface area contributed by atoms with E-state index in [1.54, 1.807) is 0 Å². The SMILES string of the molecule is CCN(CC(=O)O)C1CCN(CC(=O)Nc2ccc(F)cc2Cl)CC1. The molecule has 0 aromatic heterocycles. The Balaban J connectivity index is 1.81. The van der Waals surface area contributed by atoms with E-state index >= 15 is 0 Å². The van der Waals surface area contributed by atoms with Crippen LogP contribution < -0.4 is 5.32 Å². The van der Waals surface area contributed by atoms with Crippen molar-refractivity contribution in [3.05, 3.63) is 29.0 Å². The molecule has 2 rings (SSSR count). The first-order valence-corrected chi connectivity index (χ1v) is 8.70. The van der Waals surface area contributed by atoms with Crippen LogP contribution in [0.25, 0.3) is 0 Å². The van der Waals surface area contributed by atoms with Gasteiger partial charge in [0, 0.05) is 19.1 Å². The van der Waals surface area contributed by atoms with E-state index in [-0.39, 0.29) is 30.1 Å².